The fraction of sp³-hybridized carbons (Fsp3) is 0.200. The van der Waals surface area contributed by atoms with Gasteiger partial charge in [0, 0.05) is 0 Å². The predicted octanol–water partition coefficient (Wildman–Crippen LogP) is 2.63. The molecule has 0 aliphatic carbocycles. The smallest absolute Gasteiger partial charge is 0.00297 e. The van der Waals surface area contributed by atoms with Crippen molar-refractivity contribution in [2.24, 2.45) is 0 Å². The van der Waals surface area contributed by atoms with Gasteiger partial charge in [-0.2, -0.15) is 0 Å². The molecule has 0 aliphatic heterocycles. The van der Waals surface area contributed by atoms with E-state index in [4.69, 9.17) is 0 Å². The highest BCUT2D eigenvalue weighted by Crippen LogP contribution is 1.92. The van der Waals surface area contributed by atoms with Crippen LogP contribution >= 0.6 is 0 Å². The Morgan fingerprint density at radius 3 is 1.80 bits per heavy atom. The zero-order valence-corrected chi connectivity index (χ0v) is 6.46. The first-order valence-corrected chi connectivity index (χ1v) is 3.20. The molecule has 0 saturated carbocycles. The van der Waals surface area contributed by atoms with E-state index in [-0.39, 0.29) is 0 Å². The van der Waals surface area contributed by atoms with E-state index in [0.29, 0.717) is 0 Å². The lowest BCUT2D eigenvalue weighted by molar-refractivity contribution is 1.48. The summed E-state index contributed by atoms with van der Waals surface area (Å²) in [5.74, 6) is 2.25. The topological polar surface area (TPSA) is 0 Å². The third-order valence-corrected chi connectivity index (χ3v) is 0.940. The Balaban J connectivity index is 0.000000236. The van der Waals surface area contributed by atoms with Gasteiger partial charge in [0.25, 0.3) is 0 Å². The molecule has 0 heterocycles. The Bertz CT molecular complexity index is 191. The molecule has 1 rings (SSSR count). The van der Waals surface area contributed by atoms with Crippen molar-refractivity contribution < 1.29 is 0 Å². The summed E-state index contributed by atoms with van der Waals surface area (Å²) in [5.41, 5.74) is 1.32. The zero-order chi connectivity index (χ0) is 7.82. The summed E-state index contributed by atoms with van der Waals surface area (Å²) in [4.78, 5) is 0. The lowest BCUT2D eigenvalue weighted by atomic mass is 10.2. The molecule has 0 N–H and O–H groups in total. The molecule has 10 heavy (non-hydrogen) atoms. The van der Waals surface area contributed by atoms with E-state index in [0.717, 1.165) is 0 Å². The number of hydrogen-bond donors (Lipinski definition) is 0. The average Bonchev–Trinajstić information content (AvgIpc) is 1.91. The standard InChI is InChI=1S/C7H8.C3H4/c1-7-5-3-2-4-6-7;1-3-2/h2-6H,1H3;1H,2H3. The lowest BCUT2D eigenvalue weighted by Crippen LogP contribution is -1.62. The molecule has 1 aromatic rings. The molecule has 0 nitrogen and oxygen atoms in total. The molecular formula is C10H12. The van der Waals surface area contributed by atoms with Crippen LogP contribution in [0.1, 0.15) is 12.5 Å². The first-order valence-electron chi connectivity index (χ1n) is 3.20. The summed E-state index contributed by atoms with van der Waals surface area (Å²) in [7, 11) is 0. The second-order valence-corrected chi connectivity index (χ2v) is 1.94. The van der Waals surface area contributed by atoms with Crippen LogP contribution in [0.2, 0.25) is 0 Å². The Kier molecular flexibility index (Phi) is 5.19. The number of rotatable bonds is 0. The van der Waals surface area contributed by atoms with E-state index in [9.17, 15) is 0 Å². The van der Waals surface area contributed by atoms with Gasteiger partial charge in [-0.3, -0.25) is 0 Å². The zero-order valence-electron chi connectivity index (χ0n) is 6.46. The van der Waals surface area contributed by atoms with E-state index in [1.165, 1.54) is 5.56 Å². The molecule has 0 unspecified atom stereocenters. The summed E-state index contributed by atoms with van der Waals surface area (Å²) in [5, 5.41) is 0. The molecule has 0 aliphatic rings. The normalized spacial score (nSPS) is 6.90. The minimum Gasteiger partial charge on any atom is -0.120 e. The minimum absolute atomic E-state index is 1.32. The van der Waals surface area contributed by atoms with E-state index < -0.39 is 0 Å². The second kappa shape index (κ2) is 5.91. The first-order chi connectivity index (χ1) is 4.81. The molecule has 52 valence electrons. The van der Waals surface area contributed by atoms with Crippen LogP contribution in [0.4, 0.5) is 0 Å². The molecule has 0 aromatic heterocycles. The van der Waals surface area contributed by atoms with Crippen LogP contribution in [-0.2, 0) is 0 Å². The highest BCUT2D eigenvalue weighted by atomic mass is 13.8. The van der Waals surface area contributed by atoms with E-state index in [2.05, 4.69) is 31.4 Å². The van der Waals surface area contributed by atoms with Gasteiger partial charge in [-0.25, -0.2) is 0 Å². The van der Waals surface area contributed by atoms with Crippen LogP contribution in [0, 0.1) is 19.3 Å². The molecular weight excluding hydrogens is 120 g/mol. The number of aryl methyl sites for hydroxylation is 1. The quantitative estimate of drug-likeness (QED) is 0.476. The molecule has 0 heteroatoms. The van der Waals surface area contributed by atoms with Crippen molar-refractivity contribution in [1.82, 2.24) is 0 Å². The summed E-state index contributed by atoms with van der Waals surface area (Å²) in [6.45, 7) is 3.74. The molecule has 0 atom stereocenters. The molecule has 1 aromatic carbocycles. The Morgan fingerprint density at radius 2 is 1.60 bits per heavy atom. The van der Waals surface area contributed by atoms with Gasteiger partial charge in [-0.15, -0.1) is 12.3 Å². The molecule has 0 radical (unpaired) electrons. The molecule has 0 saturated heterocycles. The summed E-state index contributed by atoms with van der Waals surface area (Å²) in [6, 6.07) is 10.3. The highest BCUT2D eigenvalue weighted by Gasteiger charge is 1.72. The van der Waals surface area contributed by atoms with Gasteiger partial charge in [0.05, 0.1) is 0 Å². The van der Waals surface area contributed by atoms with Crippen LogP contribution in [0.3, 0.4) is 0 Å². The van der Waals surface area contributed by atoms with Gasteiger partial charge in [0.15, 0.2) is 0 Å². The first kappa shape index (κ1) is 8.78. The van der Waals surface area contributed by atoms with Crippen molar-refractivity contribution in [1.29, 1.82) is 0 Å². The second-order valence-electron chi connectivity index (χ2n) is 1.94. The number of terminal acetylenes is 1. The van der Waals surface area contributed by atoms with Gasteiger partial charge in [0.1, 0.15) is 0 Å². The van der Waals surface area contributed by atoms with Crippen molar-refractivity contribution in [2.45, 2.75) is 13.8 Å². The summed E-state index contributed by atoms with van der Waals surface area (Å²) in [6.07, 6.45) is 4.60. The Hall–Kier alpha value is -1.22. The fourth-order valence-corrected chi connectivity index (χ4v) is 0.534. The minimum atomic E-state index is 1.32. The maximum Gasteiger partial charge on any atom is -0.00297 e. The van der Waals surface area contributed by atoms with E-state index >= 15 is 0 Å². The third-order valence-electron chi connectivity index (χ3n) is 0.940. The van der Waals surface area contributed by atoms with Crippen molar-refractivity contribution >= 4 is 0 Å². The maximum atomic E-state index is 4.60. The monoisotopic (exact) mass is 132 g/mol. The van der Waals surface area contributed by atoms with Crippen molar-refractivity contribution in [3.8, 4) is 12.3 Å². The summed E-state index contributed by atoms with van der Waals surface area (Å²) < 4.78 is 0. The Labute approximate surface area is 62.9 Å². The largest absolute Gasteiger partial charge is 0.120 e. The Morgan fingerprint density at radius 1 is 1.20 bits per heavy atom. The van der Waals surface area contributed by atoms with Crippen LogP contribution in [0.15, 0.2) is 30.3 Å². The van der Waals surface area contributed by atoms with Crippen molar-refractivity contribution in [2.75, 3.05) is 0 Å². The van der Waals surface area contributed by atoms with Gasteiger partial charge >= 0.3 is 0 Å². The molecule has 0 amide bonds. The number of benzene rings is 1. The average molecular weight is 132 g/mol. The van der Waals surface area contributed by atoms with Crippen molar-refractivity contribution in [3.63, 3.8) is 0 Å². The van der Waals surface area contributed by atoms with Crippen LogP contribution in [0.5, 0.6) is 0 Å². The third kappa shape index (κ3) is 4.93. The van der Waals surface area contributed by atoms with Crippen molar-refractivity contribution in [3.05, 3.63) is 35.9 Å². The van der Waals surface area contributed by atoms with Crippen LogP contribution < -0.4 is 0 Å². The van der Waals surface area contributed by atoms with Gasteiger partial charge in [0.2, 0.25) is 0 Å². The van der Waals surface area contributed by atoms with E-state index in [1.54, 1.807) is 6.92 Å². The van der Waals surface area contributed by atoms with E-state index in [1.807, 2.05) is 18.2 Å². The maximum absolute atomic E-state index is 4.60. The lowest BCUT2D eigenvalue weighted by Gasteiger charge is -1.82. The van der Waals surface area contributed by atoms with Crippen LogP contribution in [0.25, 0.3) is 0 Å². The highest BCUT2D eigenvalue weighted by molar-refractivity contribution is 5.11. The van der Waals surface area contributed by atoms with Gasteiger partial charge < -0.3 is 0 Å². The predicted molar refractivity (Wildman–Crippen MR) is 45.7 cm³/mol. The molecule has 0 spiro atoms. The molecule has 0 bridgehead atoms. The van der Waals surface area contributed by atoms with Gasteiger partial charge in [-0.1, -0.05) is 35.9 Å². The van der Waals surface area contributed by atoms with Gasteiger partial charge in [-0.05, 0) is 13.8 Å². The number of hydrogen-bond acceptors (Lipinski definition) is 0. The summed E-state index contributed by atoms with van der Waals surface area (Å²) >= 11 is 0. The molecule has 0 fully saturated rings. The SMILES string of the molecule is C#CC.Cc1ccccc1. The fourth-order valence-electron chi connectivity index (χ4n) is 0.534. The van der Waals surface area contributed by atoms with Crippen LogP contribution in [-0.4, -0.2) is 0 Å².